The van der Waals surface area contributed by atoms with Gasteiger partial charge in [0.25, 0.3) is 0 Å². The summed E-state index contributed by atoms with van der Waals surface area (Å²) in [5, 5.41) is 18.2. The number of carboxylic acid groups (broad SMARTS) is 1. The van der Waals surface area contributed by atoms with Crippen molar-refractivity contribution in [3.8, 4) is 5.75 Å². The third-order valence-corrected chi connectivity index (χ3v) is 2.27. The van der Waals surface area contributed by atoms with Crippen molar-refractivity contribution >= 4 is 16.9 Å². The molecule has 0 saturated heterocycles. The van der Waals surface area contributed by atoms with Gasteiger partial charge in [0.2, 0.25) is 5.43 Å². The minimum absolute atomic E-state index is 0.0237. The Bertz CT molecular complexity index is 639. The second kappa shape index (κ2) is 3.37. The summed E-state index contributed by atoms with van der Waals surface area (Å²) in [6, 6.07) is 3.91. The van der Waals surface area contributed by atoms with E-state index in [1.807, 2.05) is 0 Å². The highest BCUT2D eigenvalue weighted by Crippen LogP contribution is 2.19. The number of carboxylic acids is 1. The van der Waals surface area contributed by atoms with Crippen molar-refractivity contribution in [1.29, 1.82) is 0 Å². The second-order valence-corrected chi connectivity index (χ2v) is 3.35. The predicted octanol–water partition coefficient (Wildman–Crippen LogP) is 1.51. The van der Waals surface area contributed by atoms with Crippen LogP contribution in [0.2, 0.25) is 0 Å². The van der Waals surface area contributed by atoms with Gasteiger partial charge in [0.05, 0.1) is 5.39 Å². The van der Waals surface area contributed by atoms with Crippen LogP contribution in [-0.2, 0) is 0 Å². The van der Waals surface area contributed by atoms with E-state index in [1.54, 1.807) is 0 Å². The summed E-state index contributed by atoms with van der Waals surface area (Å²) in [7, 11) is 0. The van der Waals surface area contributed by atoms with E-state index in [0.717, 1.165) is 0 Å². The van der Waals surface area contributed by atoms with Crippen molar-refractivity contribution in [2.45, 2.75) is 6.92 Å². The zero-order chi connectivity index (χ0) is 11.9. The number of aromatic carboxylic acids is 1. The minimum atomic E-state index is -1.32. The molecule has 0 aliphatic carbocycles. The smallest absolute Gasteiger partial charge is 0.343 e. The van der Waals surface area contributed by atoms with Crippen LogP contribution in [0.4, 0.5) is 0 Å². The number of aromatic hydroxyl groups is 1. The summed E-state index contributed by atoms with van der Waals surface area (Å²) in [6.45, 7) is 1.40. The van der Waals surface area contributed by atoms with E-state index >= 15 is 0 Å². The maximum atomic E-state index is 11.8. The van der Waals surface area contributed by atoms with E-state index in [1.165, 1.54) is 25.1 Å². The summed E-state index contributed by atoms with van der Waals surface area (Å²) in [6.07, 6.45) is 0. The van der Waals surface area contributed by atoms with Gasteiger partial charge in [-0.25, -0.2) is 4.79 Å². The fourth-order valence-corrected chi connectivity index (χ4v) is 1.54. The average molecular weight is 220 g/mol. The van der Waals surface area contributed by atoms with E-state index in [2.05, 4.69) is 0 Å². The molecule has 1 aromatic heterocycles. The molecule has 2 N–H and O–H groups in total. The van der Waals surface area contributed by atoms with E-state index in [9.17, 15) is 14.7 Å². The number of benzene rings is 1. The van der Waals surface area contributed by atoms with Gasteiger partial charge in [0.1, 0.15) is 22.7 Å². The molecule has 2 aromatic rings. The Kier molecular flexibility index (Phi) is 2.16. The molecular formula is C11H8O5. The number of aryl methyl sites for hydroxylation is 1. The Hall–Kier alpha value is -2.30. The highest BCUT2D eigenvalue weighted by molar-refractivity contribution is 5.93. The highest BCUT2D eigenvalue weighted by atomic mass is 16.4. The monoisotopic (exact) mass is 220 g/mol. The van der Waals surface area contributed by atoms with Gasteiger partial charge in [-0.3, -0.25) is 4.79 Å². The van der Waals surface area contributed by atoms with Gasteiger partial charge in [-0.15, -0.1) is 0 Å². The van der Waals surface area contributed by atoms with E-state index in [4.69, 9.17) is 9.52 Å². The first-order valence-electron chi connectivity index (χ1n) is 4.50. The zero-order valence-electron chi connectivity index (χ0n) is 8.35. The van der Waals surface area contributed by atoms with Crippen LogP contribution in [0, 0.1) is 6.92 Å². The lowest BCUT2D eigenvalue weighted by Gasteiger charge is -2.02. The van der Waals surface area contributed by atoms with Gasteiger partial charge in [-0.05, 0) is 19.1 Å². The third kappa shape index (κ3) is 1.42. The Morgan fingerprint density at radius 2 is 2.06 bits per heavy atom. The van der Waals surface area contributed by atoms with Gasteiger partial charge in [-0.1, -0.05) is 0 Å². The SMILES string of the molecule is Cc1oc2cc(O)ccc2c(=O)c1C(=O)O. The van der Waals surface area contributed by atoms with Gasteiger partial charge < -0.3 is 14.6 Å². The molecule has 16 heavy (non-hydrogen) atoms. The molecule has 0 amide bonds. The molecule has 0 fully saturated rings. The molecule has 0 unspecified atom stereocenters. The van der Waals surface area contributed by atoms with Crippen LogP contribution in [0.25, 0.3) is 11.0 Å². The van der Waals surface area contributed by atoms with Crippen molar-refractivity contribution in [2.24, 2.45) is 0 Å². The fraction of sp³-hybridized carbons (Fsp3) is 0.0909. The van der Waals surface area contributed by atoms with E-state index in [-0.39, 0.29) is 28.0 Å². The molecule has 0 spiro atoms. The normalized spacial score (nSPS) is 10.6. The first-order valence-corrected chi connectivity index (χ1v) is 4.50. The molecule has 5 nitrogen and oxygen atoms in total. The minimum Gasteiger partial charge on any atom is -0.508 e. The molecular weight excluding hydrogens is 212 g/mol. The van der Waals surface area contributed by atoms with Crippen LogP contribution < -0.4 is 5.43 Å². The molecule has 0 radical (unpaired) electrons. The molecule has 0 saturated carbocycles. The molecule has 0 aliphatic rings. The summed E-state index contributed by atoms with van der Waals surface area (Å²) < 4.78 is 5.17. The zero-order valence-corrected chi connectivity index (χ0v) is 8.35. The Morgan fingerprint density at radius 1 is 1.38 bits per heavy atom. The molecule has 0 aliphatic heterocycles. The van der Waals surface area contributed by atoms with Gasteiger partial charge >= 0.3 is 5.97 Å². The Balaban J connectivity index is 2.95. The van der Waals surface area contributed by atoms with Crippen LogP contribution in [0.15, 0.2) is 27.4 Å². The van der Waals surface area contributed by atoms with Crippen LogP contribution in [0.3, 0.4) is 0 Å². The molecule has 1 heterocycles. The standard InChI is InChI=1S/C11H8O5/c1-5-9(11(14)15)10(13)7-3-2-6(12)4-8(7)16-5/h2-4,12H,1H3,(H,14,15). The molecule has 5 heteroatoms. The van der Waals surface area contributed by atoms with Crippen molar-refractivity contribution in [2.75, 3.05) is 0 Å². The van der Waals surface area contributed by atoms with Gasteiger partial charge in [-0.2, -0.15) is 0 Å². The van der Waals surface area contributed by atoms with Crippen molar-refractivity contribution < 1.29 is 19.4 Å². The summed E-state index contributed by atoms with van der Waals surface area (Å²) in [5.41, 5.74) is -0.808. The number of phenolic OH excluding ortho intramolecular Hbond substituents is 1. The third-order valence-electron chi connectivity index (χ3n) is 2.27. The highest BCUT2D eigenvalue weighted by Gasteiger charge is 2.17. The maximum absolute atomic E-state index is 11.8. The fourth-order valence-electron chi connectivity index (χ4n) is 1.54. The summed E-state index contributed by atoms with van der Waals surface area (Å²) >= 11 is 0. The van der Waals surface area contributed by atoms with Gasteiger partial charge in [0.15, 0.2) is 0 Å². The lowest BCUT2D eigenvalue weighted by atomic mass is 10.1. The number of phenols is 1. The topological polar surface area (TPSA) is 87.7 Å². The van der Waals surface area contributed by atoms with Crippen LogP contribution >= 0.6 is 0 Å². The maximum Gasteiger partial charge on any atom is 0.343 e. The van der Waals surface area contributed by atoms with E-state index < -0.39 is 11.4 Å². The Morgan fingerprint density at radius 3 is 2.69 bits per heavy atom. The lowest BCUT2D eigenvalue weighted by molar-refractivity contribution is 0.0692. The molecule has 82 valence electrons. The van der Waals surface area contributed by atoms with E-state index in [0.29, 0.717) is 0 Å². The number of rotatable bonds is 1. The lowest BCUT2D eigenvalue weighted by Crippen LogP contribution is -2.16. The number of carbonyl (C=O) groups is 1. The van der Waals surface area contributed by atoms with Crippen LogP contribution in [-0.4, -0.2) is 16.2 Å². The number of hydrogen-bond donors (Lipinski definition) is 2. The quantitative estimate of drug-likeness (QED) is 0.760. The van der Waals surface area contributed by atoms with Crippen LogP contribution in [0.1, 0.15) is 16.1 Å². The predicted molar refractivity (Wildman–Crippen MR) is 55.8 cm³/mol. The average Bonchev–Trinajstić information content (AvgIpc) is 2.15. The number of fused-ring (bicyclic) bond motifs is 1. The van der Waals surface area contributed by atoms with Gasteiger partial charge in [0, 0.05) is 6.07 Å². The number of hydrogen-bond acceptors (Lipinski definition) is 4. The first-order chi connectivity index (χ1) is 7.50. The molecule has 2 rings (SSSR count). The van der Waals surface area contributed by atoms with Crippen LogP contribution in [0.5, 0.6) is 5.75 Å². The van der Waals surface area contributed by atoms with Crippen molar-refractivity contribution in [3.05, 3.63) is 39.7 Å². The summed E-state index contributed by atoms with van der Waals surface area (Å²) in [5.74, 6) is -1.34. The molecule has 0 atom stereocenters. The molecule has 1 aromatic carbocycles. The first kappa shape index (κ1) is 10.2. The summed E-state index contributed by atoms with van der Waals surface area (Å²) in [4.78, 5) is 22.6. The van der Waals surface area contributed by atoms with Crippen molar-refractivity contribution in [1.82, 2.24) is 0 Å². The second-order valence-electron chi connectivity index (χ2n) is 3.35. The largest absolute Gasteiger partial charge is 0.508 e. The molecule has 0 bridgehead atoms. The van der Waals surface area contributed by atoms with Crippen molar-refractivity contribution in [3.63, 3.8) is 0 Å². The Labute approximate surface area is 89.6 Å².